The molecule has 0 spiro atoms. The third kappa shape index (κ3) is 5.67. The molecule has 0 saturated carbocycles. The van der Waals surface area contributed by atoms with Gasteiger partial charge in [-0.3, -0.25) is 19.9 Å². The average Bonchev–Trinajstić information content (AvgIpc) is 2.66. The van der Waals surface area contributed by atoms with E-state index in [0.717, 1.165) is 18.5 Å². The summed E-state index contributed by atoms with van der Waals surface area (Å²) in [7, 11) is 0. The molecule has 0 radical (unpaired) electrons. The van der Waals surface area contributed by atoms with Gasteiger partial charge in [-0.15, -0.1) is 0 Å². The second-order valence-electron chi connectivity index (χ2n) is 8.48. The average molecular weight is 409 g/mol. The number of esters is 1. The first-order valence-electron chi connectivity index (χ1n) is 9.92. The van der Waals surface area contributed by atoms with Crippen molar-refractivity contribution in [2.45, 2.75) is 39.3 Å². The number of nitrogens with two attached hydrogens (primary N) is 1. The monoisotopic (exact) mass is 408 g/mol. The van der Waals surface area contributed by atoms with E-state index < -0.39 is 5.60 Å². The van der Waals surface area contributed by atoms with Crippen LogP contribution >= 0.6 is 0 Å². The summed E-state index contributed by atoms with van der Waals surface area (Å²) in [6.45, 7) is 7.18. The third-order valence-electron chi connectivity index (χ3n) is 4.79. The Morgan fingerprint density at radius 1 is 1.10 bits per heavy atom. The van der Waals surface area contributed by atoms with E-state index in [9.17, 15) is 9.59 Å². The van der Waals surface area contributed by atoms with Crippen molar-refractivity contribution in [3.63, 3.8) is 0 Å². The number of nitrogens with zero attached hydrogens (tertiary/aromatic N) is 1. The maximum atomic E-state index is 12.7. The molecule has 4 N–H and O–H groups in total. The largest absolute Gasteiger partial charge is 0.459 e. The molecule has 0 saturated heterocycles. The fourth-order valence-electron chi connectivity index (χ4n) is 3.38. The van der Waals surface area contributed by atoms with E-state index in [1.807, 2.05) is 43.9 Å². The van der Waals surface area contributed by atoms with E-state index in [4.69, 9.17) is 15.9 Å². The molecule has 0 atom stereocenters. The number of carbonyl (C=O) groups is 2. The SMILES string of the molecule is CC(C)(C)OC(=O)CN1CCc2ccc(C(=O)Nc3ccc(C(=N)N)cc3)cc2C1. The Balaban J connectivity index is 1.66. The van der Waals surface area contributed by atoms with Gasteiger partial charge in [0, 0.05) is 29.9 Å². The van der Waals surface area contributed by atoms with Crippen LogP contribution in [-0.2, 0) is 22.5 Å². The van der Waals surface area contributed by atoms with Gasteiger partial charge in [0.25, 0.3) is 5.91 Å². The van der Waals surface area contributed by atoms with Gasteiger partial charge in [0.2, 0.25) is 0 Å². The van der Waals surface area contributed by atoms with Crippen molar-refractivity contribution in [2.24, 2.45) is 5.73 Å². The minimum Gasteiger partial charge on any atom is -0.459 e. The lowest BCUT2D eigenvalue weighted by Crippen LogP contribution is -2.38. The number of hydrogen-bond acceptors (Lipinski definition) is 5. The first-order chi connectivity index (χ1) is 14.1. The highest BCUT2D eigenvalue weighted by molar-refractivity contribution is 6.04. The van der Waals surface area contributed by atoms with Crippen LogP contribution in [0.1, 0.15) is 47.8 Å². The number of fused-ring (bicyclic) bond motifs is 1. The lowest BCUT2D eigenvalue weighted by atomic mass is 9.97. The maximum absolute atomic E-state index is 12.7. The van der Waals surface area contributed by atoms with Crippen molar-refractivity contribution < 1.29 is 14.3 Å². The summed E-state index contributed by atoms with van der Waals surface area (Å²) < 4.78 is 5.41. The number of hydrogen-bond donors (Lipinski definition) is 3. The molecule has 158 valence electrons. The molecular weight excluding hydrogens is 380 g/mol. The molecule has 7 heteroatoms. The molecule has 3 rings (SSSR count). The number of amides is 1. The zero-order valence-electron chi connectivity index (χ0n) is 17.6. The number of ether oxygens (including phenoxy) is 1. The highest BCUT2D eigenvalue weighted by Crippen LogP contribution is 2.22. The van der Waals surface area contributed by atoms with Gasteiger partial charge < -0.3 is 15.8 Å². The van der Waals surface area contributed by atoms with Gasteiger partial charge in [-0.1, -0.05) is 6.07 Å². The van der Waals surface area contributed by atoms with Crippen molar-refractivity contribution in [2.75, 3.05) is 18.4 Å². The fraction of sp³-hybridized carbons (Fsp3) is 0.348. The van der Waals surface area contributed by atoms with Gasteiger partial charge in [-0.05, 0) is 74.7 Å². The Bertz CT molecular complexity index is 961. The van der Waals surface area contributed by atoms with Gasteiger partial charge in [-0.2, -0.15) is 0 Å². The van der Waals surface area contributed by atoms with Crippen LogP contribution in [0.15, 0.2) is 42.5 Å². The molecule has 0 bridgehead atoms. The first kappa shape index (κ1) is 21.5. The molecule has 1 heterocycles. The smallest absolute Gasteiger partial charge is 0.320 e. The molecule has 0 fully saturated rings. The topological polar surface area (TPSA) is 109 Å². The van der Waals surface area contributed by atoms with Crippen LogP contribution < -0.4 is 11.1 Å². The normalized spacial score (nSPS) is 14.0. The maximum Gasteiger partial charge on any atom is 0.320 e. The molecule has 1 aliphatic rings. The standard InChI is InChI=1S/C23H28N4O3/c1-23(2,3)30-20(28)14-27-11-10-15-4-5-17(12-18(15)13-27)22(29)26-19-8-6-16(7-9-19)21(24)25/h4-9,12H,10-11,13-14H2,1-3H3,(H3,24,25)(H,26,29). The predicted octanol–water partition coefficient (Wildman–Crippen LogP) is 2.92. The number of rotatable bonds is 5. The van der Waals surface area contributed by atoms with Crippen molar-refractivity contribution in [3.05, 3.63) is 64.7 Å². The molecule has 1 amide bonds. The van der Waals surface area contributed by atoms with E-state index in [1.165, 1.54) is 5.56 Å². The highest BCUT2D eigenvalue weighted by atomic mass is 16.6. The van der Waals surface area contributed by atoms with Crippen LogP contribution in [0.5, 0.6) is 0 Å². The molecule has 2 aromatic rings. The number of benzene rings is 2. The predicted molar refractivity (Wildman–Crippen MR) is 117 cm³/mol. The zero-order valence-corrected chi connectivity index (χ0v) is 17.6. The van der Waals surface area contributed by atoms with Crippen molar-refractivity contribution in [1.29, 1.82) is 5.41 Å². The number of nitrogens with one attached hydrogen (secondary N) is 2. The van der Waals surface area contributed by atoms with Crippen LogP contribution in [-0.4, -0.2) is 41.3 Å². The number of anilines is 1. The summed E-state index contributed by atoms with van der Waals surface area (Å²) in [5.41, 5.74) is 8.99. The van der Waals surface area contributed by atoms with Crippen molar-refractivity contribution in [3.8, 4) is 0 Å². The summed E-state index contributed by atoms with van der Waals surface area (Å²) in [5.74, 6) is -0.468. The quantitative estimate of drug-likeness (QED) is 0.400. The Labute approximate surface area is 176 Å². The van der Waals surface area contributed by atoms with Crippen LogP contribution in [0.2, 0.25) is 0 Å². The Morgan fingerprint density at radius 2 is 1.77 bits per heavy atom. The summed E-state index contributed by atoms with van der Waals surface area (Å²) in [5, 5.41) is 10.3. The number of carbonyl (C=O) groups excluding carboxylic acids is 2. The second kappa shape index (κ2) is 8.67. The summed E-state index contributed by atoms with van der Waals surface area (Å²) in [6.07, 6.45) is 0.826. The lowest BCUT2D eigenvalue weighted by Gasteiger charge is -2.29. The third-order valence-corrected chi connectivity index (χ3v) is 4.79. The highest BCUT2D eigenvalue weighted by Gasteiger charge is 2.23. The minimum atomic E-state index is -0.501. The van der Waals surface area contributed by atoms with E-state index in [0.29, 0.717) is 23.4 Å². The summed E-state index contributed by atoms with van der Waals surface area (Å²) >= 11 is 0. The van der Waals surface area contributed by atoms with E-state index in [2.05, 4.69) is 5.32 Å². The molecule has 0 aromatic heterocycles. The first-order valence-corrected chi connectivity index (χ1v) is 9.92. The second-order valence-corrected chi connectivity index (χ2v) is 8.48. The molecule has 7 nitrogen and oxygen atoms in total. The lowest BCUT2D eigenvalue weighted by molar-refractivity contribution is -0.156. The molecule has 0 unspecified atom stereocenters. The van der Waals surface area contributed by atoms with E-state index in [-0.39, 0.29) is 24.3 Å². The number of amidine groups is 1. The van der Waals surface area contributed by atoms with Gasteiger partial charge in [0.1, 0.15) is 11.4 Å². The Morgan fingerprint density at radius 3 is 2.40 bits per heavy atom. The van der Waals surface area contributed by atoms with Gasteiger partial charge in [0.15, 0.2) is 0 Å². The van der Waals surface area contributed by atoms with Crippen LogP contribution in [0.25, 0.3) is 0 Å². The van der Waals surface area contributed by atoms with Crippen molar-refractivity contribution >= 4 is 23.4 Å². The molecule has 1 aliphatic heterocycles. The number of nitrogen functional groups attached to an aromatic ring is 1. The molecule has 0 aliphatic carbocycles. The van der Waals surface area contributed by atoms with Gasteiger partial charge >= 0.3 is 5.97 Å². The summed E-state index contributed by atoms with van der Waals surface area (Å²) in [6, 6.07) is 12.5. The van der Waals surface area contributed by atoms with E-state index >= 15 is 0 Å². The summed E-state index contributed by atoms with van der Waals surface area (Å²) in [4.78, 5) is 26.8. The fourth-order valence-corrected chi connectivity index (χ4v) is 3.38. The van der Waals surface area contributed by atoms with Gasteiger partial charge in [-0.25, -0.2) is 0 Å². The van der Waals surface area contributed by atoms with Crippen molar-refractivity contribution in [1.82, 2.24) is 4.90 Å². The molecular formula is C23H28N4O3. The zero-order chi connectivity index (χ0) is 21.9. The van der Waals surface area contributed by atoms with Crippen LogP contribution in [0.4, 0.5) is 5.69 Å². The van der Waals surface area contributed by atoms with Gasteiger partial charge in [0.05, 0.1) is 6.54 Å². The Kier molecular flexibility index (Phi) is 6.22. The molecule has 2 aromatic carbocycles. The minimum absolute atomic E-state index is 0.0153. The van der Waals surface area contributed by atoms with Crippen LogP contribution in [0, 0.1) is 5.41 Å². The molecule has 30 heavy (non-hydrogen) atoms. The van der Waals surface area contributed by atoms with E-state index in [1.54, 1.807) is 24.3 Å². The van der Waals surface area contributed by atoms with Crippen LogP contribution in [0.3, 0.4) is 0 Å². The Hall–Kier alpha value is -3.19.